The summed E-state index contributed by atoms with van der Waals surface area (Å²) >= 11 is 1.61. The van der Waals surface area contributed by atoms with E-state index in [0.29, 0.717) is 58.5 Å². The summed E-state index contributed by atoms with van der Waals surface area (Å²) in [6.45, 7) is 2.57. The molecular formula is C26H33N3O4S. The average molecular weight is 484 g/mol. The van der Waals surface area contributed by atoms with Crippen molar-refractivity contribution in [2.45, 2.75) is 50.7 Å². The van der Waals surface area contributed by atoms with E-state index >= 15 is 0 Å². The van der Waals surface area contributed by atoms with Crippen LogP contribution in [0, 0.1) is 0 Å². The van der Waals surface area contributed by atoms with Crippen molar-refractivity contribution in [3.8, 4) is 0 Å². The van der Waals surface area contributed by atoms with Crippen molar-refractivity contribution in [3.05, 3.63) is 58.3 Å². The zero-order valence-corrected chi connectivity index (χ0v) is 20.6. The number of carbonyl (C=O) groups excluding carboxylic acids is 3. The Hall–Kier alpha value is -2.71. The van der Waals surface area contributed by atoms with Crippen LogP contribution >= 0.6 is 11.3 Å². The number of amides is 3. The molecule has 4 rings (SSSR count). The number of nitrogens with zero attached hydrogens (tertiary/aromatic N) is 3. The molecule has 1 unspecified atom stereocenters. The van der Waals surface area contributed by atoms with Crippen molar-refractivity contribution in [1.82, 2.24) is 14.7 Å². The first-order chi connectivity index (χ1) is 16.5. The van der Waals surface area contributed by atoms with E-state index < -0.39 is 0 Å². The number of carbonyl (C=O) groups is 3. The van der Waals surface area contributed by atoms with E-state index in [0.717, 1.165) is 16.9 Å². The molecule has 0 radical (unpaired) electrons. The quantitative estimate of drug-likeness (QED) is 0.549. The van der Waals surface area contributed by atoms with Gasteiger partial charge in [0.25, 0.3) is 0 Å². The summed E-state index contributed by atoms with van der Waals surface area (Å²) in [4.78, 5) is 45.6. The van der Waals surface area contributed by atoms with Gasteiger partial charge in [0.2, 0.25) is 17.7 Å². The van der Waals surface area contributed by atoms with Gasteiger partial charge in [-0.25, -0.2) is 0 Å². The van der Waals surface area contributed by atoms with Gasteiger partial charge in [-0.2, -0.15) is 0 Å². The molecular weight excluding hydrogens is 450 g/mol. The Labute approximate surface area is 205 Å². The molecule has 34 heavy (non-hydrogen) atoms. The van der Waals surface area contributed by atoms with Gasteiger partial charge in [0, 0.05) is 50.0 Å². The maximum absolute atomic E-state index is 13.2. The summed E-state index contributed by atoms with van der Waals surface area (Å²) in [7, 11) is 1.62. The molecule has 2 aliphatic rings. The van der Waals surface area contributed by atoms with Gasteiger partial charge in [-0.1, -0.05) is 36.4 Å². The van der Waals surface area contributed by atoms with Gasteiger partial charge >= 0.3 is 0 Å². The number of ether oxygens (including phenoxy) is 1. The second-order valence-electron chi connectivity index (χ2n) is 9.14. The average Bonchev–Trinajstić information content (AvgIpc) is 3.43. The first-order valence-electron chi connectivity index (χ1n) is 11.9. The molecule has 2 fully saturated rings. The highest BCUT2D eigenvalue weighted by Gasteiger charge is 2.46. The van der Waals surface area contributed by atoms with Gasteiger partial charge in [0.1, 0.15) is 0 Å². The highest BCUT2D eigenvalue weighted by molar-refractivity contribution is 7.09. The number of hydrogen-bond donors (Lipinski definition) is 0. The highest BCUT2D eigenvalue weighted by Crippen LogP contribution is 2.40. The number of hydrogen-bond acceptors (Lipinski definition) is 5. The standard InChI is InChI=1S/C26H33N3O4S/c1-33-16-15-28(19-22-8-5-17-34-22)25(32)20-27-14-13-26(11-9-23(27)30)12-10-24(31)29(26)18-21-6-3-2-4-7-21/h2-8,17H,9-16,18-20H2,1H3. The van der Waals surface area contributed by atoms with Gasteiger partial charge in [-0.3, -0.25) is 14.4 Å². The van der Waals surface area contributed by atoms with Crippen LogP contribution in [0.4, 0.5) is 0 Å². The summed E-state index contributed by atoms with van der Waals surface area (Å²) < 4.78 is 5.20. The topological polar surface area (TPSA) is 70.2 Å². The zero-order valence-electron chi connectivity index (χ0n) is 19.8. The summed E-state index contributed by atoms with van der Waals surface area (Å²) in [6, 6.07) is 14.0. The molecule has 3 heterocycles. The Morgan fingerprint density at radius 1 is 1.06 bits per heavy atom. The fourth-order valence-electron chi connectivity index (χ4n) is 5.02. The molecule has 0 aliphatic carbocycles. The lowest BCUT2D eigenvalue weighted by molar-refractivity contribution is -0.140. The van der Waals surface area contributed by atoms with Crippen molar-refractivity contribution in [3.63, 3.8) is 0 Å². The van der Waals surface area contributed by atoms with Crippen LogP contribution in [0.1, 0.15) is 42.5 Å². The smallest absolute Gasteiger partial charge is 0.242 e. The molecule has 182 valence electrons. The summed E-state index contributed by atoms with van der Waals surface area (Å²) in [5, 5.41) is 2.00. The number of thiophene rings is 1. The van der Waals surface area contributed by atoms with Crippen LogP contribution in [0.5, 0.6) is 0 Å². The largest absolute Gasteiger partial charge is 0.383 e. The maximum atomic E-state index is 13.2. The summed E-state index contributed by atoms with van der Waals surface area (Å²) in [6.07, 6.45) is 3.00. The van der Waals surface area contributed by atoms with Gasteiger partial charge in [-0.15, -0.1) is 11.3 Å². The lowest BCUT2D eigenvalue weighted by Gasteiger charge is -2.38. The van der Waals surface area contributed by atoms with Gasteiger partial charge in [0.15, 0.2) is 0 Å². The number of benzene rings is 1. The van der Waals surface area contributed by atoms with Crippen LogP contribution in [0.3, 0.4) is 0 Å². The van der Waals surface area contributed by atoms with E-state index in [1.54, 1.807) is 28.2 Å². The molecule has 0 saturated carbocycles. The van der Waals surface area contributed by atoms with Crippen molar-refractivity contribution in [1.29, 1.82) is 0 Å². The van der Waals surface area contributed by atoms with Crippen LogP contribution in [-0.4, -0.2) is 71.3 Å². The Kier molecular flexibility index (Phi) is 8.00. The van der Waals surface area contributed by atoms with Crippen molar-refractivity contribution in [2.24, 2.45) is 0 Å². The van der Waals surface area contributed by atoms with Gasteiger partial charge in [-0.05, 0) is 36.3 Å². The van der Waals surface area contributed by atoms with E-state index in [-0.39, 0.29) is 29.8 Å². The Balaban J connectivity index is 1.43. The Morgan fingerprint density at radius 3 is 2.53 bits per heavy atom. The van der Waals surface area contributed by atoms with E-state index in [9.17, 15) is 14.4 Å². The van der Waals surface area contributed by atoms with Gasteiger partial charge < -0.3 is 19.4 Å². The molecule has 3 amide bonds. The van der Waals surface area contributed by atoms with Crippen LogP contribution in [0.15, 0.2) is 47.8 Å². The second-order valence-corrected chi connectivity index (χ2v) is 10.2. The van der Waals surface area contributed by atoms with Crippen LogP contribution in [0.25, 0.3) is 0 Å². The predicted octanol–water partition coefficient (Wildman–Crippen LogP) is 3.30. The van der Waals surface area contributed by atoms with Gasteiger partial charge in [0.05, 0.1) is 19.7 Å². The molecule has 1 aromatic heterocycles. The molecule has 2 aromatic rings. The Bertz CT molecular complexity index is 981. The maximum Gasteiger partial charge on any atom is 0.242 e. The van der Waals surface area contributed by atoms with Crippen molar-refractivity contribution < 1.29 is 19.1 Å². The summed E-state index contributed by atoms with van der Waals surface area (Å²) in [5.74, 6) is 0.0768. The highest BCUT2D eigenvalue weighted by atomic mass is 32.1. The minimum Gasteiger partial charge on any atom is -0.383 e. The monoisotopic (exact) mass is 483 g/mol. The number of methoxy groups -OCH3 is 1. The van der Waals surface area contributed by atoms with Crippen molar-refractivity contribution in [2.75, 3.05) is 33.4 Å². The fourth-order valence-corrected chi connectivity index (χ4v) is 5.74. The predicted molar refractivity (Wildman–Crippen MR) is 131 cm³/mol. The van der Waals surface area contributed by atoms with Crippen LogP contribution < -0.4 is 0 Å². The molecule has 0 N–H and O–H groups in total. The molecule has 7 nitrogen and oxygen atoms in total. The molecule has 1 spiro atoms. The number of likely N-dealkylation sites (tertiary alicyclic amines) is 2. The lowest BCUT2D eigenvalue weighted by Crippen LogP contribution is -2.46. The van der Waals surface area contributed by atoms with Crippen LogP contribution in [-0.2, 0) is 32.2 Å². The first kappa shape index (κ1) is 24.4. The molecule has 8 heteroatoms. The molecule has 1 aromatic carbocycles. The van der Waals surface area contributed by atoms with E-state index in [1.165, 1.54) is 0 Å². The van der Waals surface area contributed by atoms with Crippen molar-refractivity contribution >= 4 is 29.1 Å². The SMILES string of the molecule is COCCN(Cc1cccs1)C(=O)CN1CCC2(CCC1=O)CCC(=O)N2Cc1ccccc1. The number of rotatable bonds is 9. The normalized spacial score (nSPS) is 20.7. The Morgan fingerprint density at radius 2 is 1.82 bits per heavy atom. The third-order valence-corrected chi connectivity index (χ3v) is 7.90. The van der Waals surface area contributed by atoms with E-state index in [2.05, 4.69) is 0 Å². The molecule has 0 bridgehead atoms. The molecule has 2 saturated heterocycles. The third kappa shape index (κ3) is 5.67. The fraction of sp³-hybridized carbons (Fsp3) is 0.500. The van der Waals surface area contributed by atoms with E-state index in [1.807, 2.05) is 52.7 Å². The lowest BCUT2D eigenvalue weighted by atomic mass is 9.87. The molecule has 2 aliphatic heterocycles. The summed E-state index contributed by atoms with van der Waals surface area (Å²) in [5.41, 5.74) is 0.787. The minimum absolute atomic E-state index is 0.00736. The second kappa shape index (κ2) is 11.1. The molecule has 1 atom stereocenters. The van der Waals surface area contributed by atoms with Crippen LogP contribution in [0.2, 0.25) is 0 Å². The zero-order chi connectivity index (χ0) is 24.0. The first-order valence-corrected chi connectivity index (χ1v) is 12.8. The third-order valence-electron chi connectivity index (χ3n) is 7.04. The van der Waals surface area contributed by atoms with E-state index in [4.69, 9.17) is 4.74 Å². The minimum atomic E-state index is -0.312.